The van der Waals surface area contributed by atoms with E-state index in [2.05, 4.69) is 78.6 Å². The maximum absolute atomic E-state index is 5.14. The van der Waals surface area contributed by atoms with Crippen LogP contribution in [0.5, 0.6) is 0 Å². The quantitative estimate of drug-likeness (QED) is 0.135. The largest absolute Gasteiger partial charge is 0.264 e. The van der Waals surface area contributed by atoms with Crippen LogP contribution in [-0.4, -0.2) is 49.8 Å². The van der Waals surface area contributed by atoms with Gasteiger partial charge < -0.3 is 0 Å². The van der Waals surface area contributed by atoms with E-state index in [1.165, 1.54) is 0 Å². The van der Waals surface area contributed by atoms with Gasteiger partial charge in [0.25, 0.3) is 0 Å². The Labute approximate surface area is 316 Å². The van der Waals surface area contributed by atoms with Crippen LogP contribution in [0.4, 0.5) is 0 Å². The predicted octanol–water partition coefficient (Wildman–Crippen LogP) is 10.1. The van der Waals surface area contributed by atoms with Crippen LogP contribution in [0.2, 0.25) is 0 Å². The summed E-state index contributed by atoms with van der Waals surface area (Å²) in [6.07, 6.45) is 3.62. The molecule has 0 saturated carbocycles. The van der Waals surface area contributed by atoms with Crippen molar-refractivity contribution in [3.8, 4) is 68.1 Å². The highest BCUT2D eigenvalue weighted by Crippen LogP contribution is 2.33. The maximum Gasteiger partial charge on any atom is 0.164 e. The Hall–Kier alpha value is -6.16. The van der Waals surface area contributed by atoms with E-state index >= 15 is 0 Å². The molecule has 0 atom stereocenters. The van der Waals surface area contributed by atoms with Crippen molar-refractivity contribution in [3.63, 3.8) is 0 Å². The van der Waals surface area contributed by atoms with Crippen LogP contribution < -0.4 is 0 Å². The molecular formula is C44H44N10. The average Bonchev–Trinajstić information content (AvgIpc) is 3.20. The molecule has 0 saturated heterocycles. The highest BCUT2D eigenvalue weighted by atomic mass is 15.1. The molecule has 10 nitrogen and oxygen atoms in total. The van der Waals surface area contributed by atoms with Gasteiger partial charge in [0.15, 0.2) is 29.1 Å². The Bertz CT molecular complexity index is 2360. The van der Waals surface area contributed by atoms with Crippen molar-refractivity contribution in [1.29, 1.82) is 0 Å². The minimum absolute atomic E-state index is 0.131. The number of rotatable bonds is 10. The normalized spacial score (nSPS) is 11.6. The molecule has 54 heavy (non-hydrogen) atoms. The third kappa shape index (κ3) is 7.93. The second-order valence-corrected chi connectivity index (χ2v) is 14.7. The van der Waals surface area contributed by atoms with E-state index in [4.69, 9.17) is 44.9 Å². The Morgan fingerprint density at radius 2 is 0.685 bits per heavy atom. The van der Waals surface area contributed by atoms with Crippen molar-refractivity contribution in [1.82, 2.24) is 49.8 Å². The molecule has 7 aromatic rings. The van der Waals surface area contributed by atoms with Crippen molar-refractivity contribution in [2.24, 2.45) is 0 Å². The summed E-state index contributed by atoms with van der Waals surface area (Å²) in [6.45, 7) is 16.8. The Balaban J connectivity index is 1.43. The van der Waals surface area contributed by atoms with Gasteiger partial charge in [-0.15, -0.1) is 0 Å². The Kier molecular flexibility index (Phi) is 10.4. The summed E-state index contributed by atoms with van der Waals surface area (Å²) >= 11 is 0. The molecular weight excluding hydrogens is 669 g/mol. The zero-order chi connectivity index (χ0) is 37.9. The highest BCUT2D eigenvalue weighted by Gasteiger charge is 2.19. The van der Waals surface area contributed by atoms with E-state index < -0.39 is 0 Å². The van der Waals surface area contributed by atoms with Crippen molar-refractivity contribution in [3.05, 3.63) is 121 Å². The monoisotopic (exact) mass is 712 g/mol. The third-order valence-corrected chi connectivity index (χ3v) is 8.90. The van der Waals surface area contributed by atoms with Gasteiger partial charge in [0, 0.05) is 69.4 Å². The molecule has 0 aliphatic rings. The summed E-state index contributed by atoms with van der Waals surface area (Å²) in [5.74, 6) is 6.47. The lowest BCUT2D eigenvalue weighted by atomic mass is 9.99. The fraction of sp³-hybridized carbons (Fsp3) is 0.273. The number of nitrogens with zero attached hydrogens (tertiary/aromatic N) is 10. The Morgan fingerprint density at radius 3 is 1.15 bits per heavy atom. The van der Waals surface area contributed by atoms with Crippen LogP contribution in [0.25, 0.3) is 68.1 Å². The Morgan fingerprint density at radius 1 is 0.315 bits per heavy atom. The van der Waals surface area contributed by atoms with E-state index in [9.17, 15) is 0 Å². The smallest absolute Gasteiger partial charge is 0.164 e. The molecule has 10 heteroatoms. The first kappa shape index (κ1) is 36.2. The molecule has 0 aliphatic carbocycles. The fourth-order valence-electron chi connectivity index (χ4n) is 5.84. The topological polar surface area (TPSA) is 129 Å². The van der Waals surface area contributed by atoms with E-state index in [0.717, 1.165) is 62.2 Å². The molecule has 0 N–H and O–H groups in total. The number of aromatic nitrogens is 10. The zero-order valence-corrected chi connectivity index (χ0v) is 32.0. The molecule has 7 rings (SSSR count). The molecule has 270 valence electrons. The summed E-state index contributed by atoms with van der Waals surface area (Å²) < 4.78 is 0. The third-order valence-electron chi connectivity index (χ3n) is 8.90. The van der Waals surface area contributed by atoms with Gasteiger partial charge >= 0.3 is 0 Å². The van der Waals surface area contributed by atoms with Crippen LogP contribution in [0, 0.1) is 0 Å². The van der Waals surface area contributed by atoms with Crippen LogP contribution in [-0.2, 0) is 0 Å². The van der Waals surface area contributed by atoms with Gasteiger partial charge in [-0.25, -0.2) is 44.9 Å². The summed E-state index contributed by atoms with van der Waals surface area (Å²) in [7, 11) is 0. The molecule has 3 aromatic carbocycles. The van der Waals surface area contributed by atoms with Gasteiger partial charge in [0.2, 0.25) is 0 Å². The number of hydrogen-bond donors (Lipinski definition) is 0. The van der Waals surface area contributed by atoms with Crippen molar-refractivity contribution in [2.45, 2.75) is 79.1 Å². The average molecular weight is 713 g/mol. The van der Waals surface area contributed by atoms with E-state index in [-0.39, 0.29) is 23.7 Å². The standard InChI is InChI=1S/C44H44N10/c1-25(2)36-46-37(26(3)4)49-41(48-36)30-16-12-17-31(20-30)42-52-40(29-14-10-9-11-15-29)53-44(54-42)35-22-33(32-18-13-19-45-24-32)21-34(23-35)43-50-38(27(5)6)47-39(51-43)28(7)8/h9-28H,1-8H3. The van der Waals surface area contributed by atoms with Gasteiger partial charge in [-0.1, -0.05) is 110 Å². The predicted molar refractivity (Wildman–Crippen MR) is 213 cm³/mol. The van der Waals surface area contributed by atoms with Gasteiger partial charge in [-0.3, -0.25) is 4.98 Å². The van der Waals surface area contributed by atoms with E-state index in [0.29, 0.717) is 29.1 Å². The van der Waals surface area contributed by atoms with Crippen LogP contribution in [0.3, 0.4) is 0 Å². The first-order valence-corrected chi connectivity index (χ1v) is 18.5. The fourth-order valence-corrected chi connectivity index (χ4v) is 5.84. The summed E-state index contributed by atoms with van der Waals surface area (Å²) in [5, 5.41) is 0. The van der Waals surface area contributed by atoms with Crippen LogP contribution >= 0.6 is 0 Å². The SMILES string of the molecule is CC(C)c1nc(-c2cccc(-c3nc(-c4ccccc4)nc(-c4cc(-c5cccnc5)cc(-c5nc(C(C)C)nc(C(C)C)n5)c4)n3)c2)nc(C(C)C)n1. The molecule has 4 heterocycles. The van der Waals surface area contributed by atoms with E-state index in [1.54, 1.807) is 6.20 Å². The second kappa shape index (κ2) is 15.4. The van der Waals surface area contributed by atoms with Gasteiger partial charge in [0.1, 0.15) is 23.3 Å². The highest BCUT2D eigenvalue weighted by molar-refractivity contribution is 5.78. The summed E-state index contributed by atoms with van der Waals surface area (Å²) in [4.78, 5) is 48.8. The first-order valence-electron chi connectivity index (χ1n) is 18.5. The van der Waals surface area contributed by atoms with Crippen LogP contribution in [0.1, 0.15) is 102 Å². The number of benzene rings is 3. The minimum atomic E-state index is 0.131. The van der Waals surface area contributed by atoms with E-state index in [1.807, 2.05) is 72.9 Å². The number of hydrogen-bond acceptors (Lipinski definition) is 10. The maximum atomic E-state index is 5.14. The number of pyridine rings is 1. The molecule has 0 radical (unpaired) electrons. The molecule has 0 fully saturated rings. The lowest BCUT2D eigenvalue weighted by Gasteiger charge is -2.14. The van der Waals surface area contributed by atoms with Crippen LogP contribution in [0.15, 0.2) is 97.3 Å². The lowest BCUT2D eigenvalue weighted by Crippen LogP contribution is -2.08. The molecule has 0 amide bonds. The summed E-state index contributed by atoms with van der Waals surface area (Å²) in [6, 6.07) is 28.2. The molecule has 0 aliphatic heterocycles. The zero-order valence-electron chi connectivity index (χ0n) is 32.0. The summed E-state index contributed by atoms with van der Waals surface area (Å²) in [5.41, 5.74) is 6.07. The lowest BCUT2D eigenvalue weighted by molar-refractivity contribution is 0.697. The van der Waals surface area contributed by atoms with Gasteiger partial charge in [-0.05, 0) is 35.9 Å². The first-order chi connectivity index (χ1) is 26.0. The minimum Gasteiger partial charge on any atom is -0.264 e. The van der Waals surface area contributed by atoms with Crippen molar-refractivity contribution in [2.75, 3.05) is 0 Å². The molecule has 0 bridgehead atoms. The molecule has 4 aromatic heterocycles. The van der Waals surface area contributed by atoms with Crippen molar-refractivity contribution < 1.29 is 0 Å². The van der Waals surface area contributed by atoms with Gasteiger partial charge in [0.05, 0.1) is 0 Å². The second-order valence-electron chi connectivity index (χ2n) is 14.7. The van der Waals surface area contributed by atoms with Gasteiger partial charge in [-0.2, -0.15) is 0 Å². The van der Waals surface area contributed by atoms with Crippen molar-refractivity contribution >= 4 is 0 Å². The molecule has 0 spiro atoms. The molecule has 0 unspecified atom stereocenters.